The van der Waals surface area contributed by atoms with Gasteiger partial charge in [-0.15, -0.1) is 0 Å². The summed E-state index contributed by atoms with van der Waals surface area (Å²) in [6, 6.07) is 12.3. The molecule has 150 valence electrons. The third-order valence-electron chi connectivity index (χ3n) is 4.76. The number of morpholine rings is 1. The van der Waals surface area contributed by atoms with Crippen LogP contribution in [0.4, 0.5) is 13.6 Å². The van der Waals surface area contributed by atoms with Gasteiger partial charge in [0.25, 0.3) is 0 Å². The van der Waals surface area contributed by atoms with Crippen molar-refractivity contribution in [2.45, 2.75) is 12.5 Å². The Kier molecular flexibility index (Phi) is 7.33. The summed E-state index contributed by atoms with van der Waals surface area (Å²) < 4.78 is 32.3. The summed E-state index contributed by atoms with van der Waals surface area (Å²) in [7, 11) is 0. The molecule has 1 heterocycles. The van der Waals surface area contributed by atoms with Gasteiger partial charge in [-0.05, 0) is 41.8 Å². The van der Waals surface area contributed by atoms with Crippen LogP contribution in [0.3, 0.4) is 0 Å². The first-order valence-electron chi connectivity index (χ1n) is 9.45. The number of halogens is 2. The molecule has 0 saturated carbocycles. The van der Waals surface area contributed by atoms with Crippen molar-refractivity contribution in [3.63, 3.8) is 0 Å². The van der Waals surface area contributed by atoms with Crippen molar-refractivity contribution in [3.05, 3.63) is 71.3 Å². The summed E-state index contributed by atoms with van der Waals surface area (Å²) in [5.41, 5.74) is 1.65. The van der Waals surface area contributed by atoms with Gasteiger partial charge in [0.2, 0.25) is 0 Å². The summed E-state index contributed by atoms with van der Waals surface area (Å²) in [6.45, 7) is 3.44. The number of rotatable bonds is 7. The molecule has 28 heavy (non-hydrogen) atoms. The molecule has 0 radical (unpaired) electrons. The van der Waals surface area contributed by atoms with E-state index in [2.05, 4.69) is 15.5 Å². The molecule has 7 heteroatoms. The molecule has 1 saturated heterocycles. The Labute approximate surface area is 163 Å². The third kappa shape index (κ3) is 6.00. The van der Waals surface area contributed by atoms with E-state index in [1.807, 2.05) is 12.1 Å². The molecule has 2 aromatic carbocycles. The van der Waals surface area contributed by atoms with Gasteiger partial charge < -0.3 is 15.4 Å². The second-order valence-electron chi connectivity index (χ2n) is 6.74. The maximum atomic E-state index is 13.7. The minimum absolute atomic E-state index is 0.131. The van der Waals surface area contributed by atoms with E-state index < -0.39 is 0 Å². The quantitative estimate of drug-likeness (QED) is 0.766. The van der Waals surface area contributed by atoms with Crippen molar-refractivity contribution in [2.75, 3.05) is 39.4 Å². The van der Waals surface area contributed by atoms with E-state index in [4.69, 9.17) is 4.74 Å². The number of amides is 2. The second kappa shape index (κ2) is 10.1. The largest absolute Gasteiger partial charge is 0.379 e. The van der Waals surface area contributed by atoms with Crippen LogP contribution in [0.1, 0.15) is 17.2 Å². The summed E-state index contributed by atoms with van der Waals surface area (Å²) >= 11 is 0. The first-order valence-corrected chi connectivity index (χ1v) is 9.45. The Balaban J connectivity index is 1.53. The Morgan fingerprint density at radius 2 is 1.75 bits per heavy atom. The van der Waals surface area contributed by atoms with Crippen LogP contribution in [-0.2, 0) is 11.2 Å². The molecule has 5 nitrogen and oxygen atoms in total. The van der Waals surface area contributed by atoms with E-state index >= 15 is 0 Å². The Morgan fingerprint density at radius 1 is 1.04 bits per heavy atom. The Hall–Kier alpha value is -2.51. The molecular weight excluding hydrogens is 364 g/mol. The van der Waals surface area contributed by atoms with Crippen molar-refractivity contribution < 1.29 is 18.3 Å². The molecular formula is C21H25F2N3O2. The Morgan fingerprint density at radius 3 is 2.46 bits per heavy atom. The zero-order chi connectivity index (χ0) is 19.8. The highest BCUT2D eigenvalue weighted by atomic mass is 19.1. The minimum Gasteiger partial charge on any atom is -0.379 e. The van der Waals surface area contributed by atoms with Gasteiger partial charge in [0.1, 0.15) is 11.6 Å². The van der Waals surface area contributed by atoms with E-state index in [1.54, 1.807) is 12.1 Å². The van der Waals surface area contributed by atoms with Crippen molar-refractivity contribution in [2.24, 2.45) is 0 Å². The number of benzene rings is 2. The van der Waals surface area contributed by atoms with E-state index in [0.29, 0.717) is 32.7 Å². The van der Waals surface area contributed by atoms with Crippen LogP contribution in [0.25, 0.3) is 0 Å². The zero-order valence-corrected chi connectivity index (χ0v) is 15.7. The molecule has 2 N–H and O–H groups in total. The van der Waals surface area contributed by atoms with Gasteiger partial charge in [-0.3, -0.25) is 4.90 Å². The first kappa shape index (κ1) is 20.2. The zero-order valence-electron chi connectivity index (χ0n) is 15.7. The van der Waals surface area contributed by atoms with Crippen LogP contribution >= 0.6 is 0 Å². The third-order valence-corrected chi connectivity index (χ3v) is 4.76. The number of nitrogens with one attached hydrogen (secondary N) is 2. The summed E-state index contributed by atoms with van der Waals surface area (Å²) in [5.74, 6) is -0.583. The van der Waals surface area contributed by atoms with Gasteiger partial charge in [0, 0.05) is 26.2 Å². The fourth-order valence-corrected chi connectivity index (χ4v) is 3.33. The summed E-state index contributed by atoms with van der Waals surface area (Å²) in [6.07, 6.45) is 0.544. The number of hydrogen-bond donors (Lipinski definition) is 2. The first-order chi connectivity index (χ1) is 13.6. The van der Waals surface area contributed by atoms with Gasteiger partial charge in [0.15, 0.2) is 0 Å². The van der Waals surface area contributed by atoms with E-state index in [9.17, 15) is 13.6 Å². The van der Waals surface area contributed by atoms with Crippen LogP contribution in [0, 0.1) is 11.6 Å². The number of urea groups is 1. The normalized spacial score (nSPS) is 15.8. The molecule has 1 aliphatic heterocycles. The molecule has 3 rings (SSSR count). The summed E-state index contributed by atoms with van der Waals surface area (Å²) in [5, 5.41) is 5.65. The highest BCUT2D eigenvalue weighted by Crippen LogP contribution is 2.22. The maximum absolute atomic E-state index is 13.7. The van der Waals surface area contributed by atoms with Gasteiger partial charge in [-0.2, -0.15) is 0 Å². The highest BCUT2D eigenvalue weighted by Gasteiger charge is 2.23. The standard InChI is InChI=1S/C21H25F2N3O2/c22-18-5-1-3-16(13-18)7-8-24-21(27)25-15-20(26-9-11-28-12-10-26)17-4-2-6-19(23)14-17/h1-6,13-14,20H,7-12,15H2,(H2,24,25,27). The predicted molar refractivity (Wildman–Crippen MR) is 103 cm³/mol. The maximum Gasteiger partial charge on any atom is 0.314 e. The lowest BCUT2D eigenvalue weighted by molar-refractivity contribution is 0.0166. The molecule has 0 bridgehead atoms. The van der Waals surface area contributed by atoms with Crippen LogP contribution in [0.2, 0.25) is 0 Å². The Bertz CT molecular complexity index is 782. The van der Waals surface area contributed by atoms with Gasteiger partial charge in [0.05, 0.1) is 19.3 Å². The van der Waals surface area contributed by atoms with E-state index in [1.165, 1.54) is 24.3 Å². The van der Waals surface area contributed by atoms with E-state index in [0.717, 1.165) is 24.2 Å². The van der Waals surface area contributed by atoms with Crippen LogP contribution < -0.4 is 10.6 Å². The number of hydrogen-bond acceptors (Lipinski definition) is 3. The molecule has 2 amide bonds. The predicted octanol–water partition coefficient (Wildman–Crippen LogP) is 2.88. The molecule has 1 aliphatic rings. The van der Waals surface area contributed by atoms with Crippen molar-refractivity contribution >= 4 is 6.03 Å². The molecule has 0 spiro atoms. The molecule has 2 aromatic rings. The van der Waals surface area contributed by atoms with Crippen LogP contribution in [-0.4, -0.2) is 50.3 Å². The van der Waals surface area contributed by atoms with Gasteiger partial charge in [-0.25, -0.2) is 13.6 Å². The number of nitrogens with zero attached hydrogens (tertiary/aromatic N) is 1. The van der Waals surface area contributed by atoms with Crippen molar-refractivity contribution in [1.29, 1.82) is 0 Å². The number of carbonyl (C=O) groups excluding carboxylic acids is 1. The fourth-order valence-electron chi connectivity index (χ4n) is 3.33. The smallest absolute Gasteiger partial charge is 0.314 e. The monoisotopic (exact) mass is 389 g/mol. The molecule has 0 aliphatic carbocycles. The molecule has 1 atom stereocenters. The number of ether oxygens (including phenoxy) is 1. The molecule has 1 unspecified atom stereocenters. The van der Waals surface area contributed by atoms with Crippen molar-refractivity contribution in [3.8, 4) is 0 Å². The van der Waals surface area contributed by atoms with Gasteiger partial charge >= 0.3 is 6.03 Å². The fraction of sp³-hybridized carbons (Fsp3) is 0.381. The average molecular weight is 389 g/mol. The lowest BCUT2D eigenvalue weighted by atomic mass is 10.0. The molecule has 1 fully saturated rings. The van der Waals surface area contributed by atoms with Crippen molar-refractivity contribution in [1.82, 2.24) is 15.5 Å². The average Bonchev–Trinajstić information content (AvgIpc) is 2.69. The van der Waals surface area contributed by atoms with Crippen LogP contribution in [0.5, 0.6) is 0 Å². The van der Waals surface area contributed by atoms with Crippen LogP contribution in [0.15, 0.2) is 48.5 Å². The highest BCUT2D eigenvalue weighted by molar-refractivity contribution is 5.73. The lowest BCUT2D eigenvalue weighted by Gasteiger charge is -2.35. The number of carbonyl (C=O) groups is 1. The lowest BCUT2D eigenvalue weighted by Crippen LogP contribution is -2.46. The van der Waals surface area contributed by atoms with Gasteiger partial charge in [-0.1, -0.05) is 24.3 Å². The molecule has 0 aromatic heterocycles. The van der Waals surface area contributed by atoms with E-state index in [-0.39, 0.29) is 23.7 Å². The minimum atomic E-state index is -0.300. The SMILES string of the molecule is O=C(NCCc1cccc(F)c1)NCC(c1cccc(F)c1)N1CCOCC1. The topological polar surface area (TPSA) is 53.6 Å². The summed E-state index contributed by atoms with van der Waals surface area (Å²) in [4.78, 5) is 14.4. The second-order valence-corrected chi connectivity index (χ2v) is 6.74.